The lowest BCUT2D eigenvalue weighted by atomic mass is 10.1. The van der Waals surface area contributed by atoms with E-state index in [-0.39, 0.29) is 0 Å². The molecular formula is C33H24N5+. The lowest BCUT2D eigenvalue weighted by Crippen LogP contribution is -2.37. The molecule has 0 aliphatic carbocycles. The van der Waals surface area contributed by atoms with E-state index in [1.165, 1.54) is 0 Å². The number of para-hydroxylation sites is 4. The van der Waals surface area contributed by atoms with Gasteiger partial charge in [-0.15, -0.1) is 0 Å². The lowest BCUT2D eigenvalue weighted by molar-refractivity contribution is 0.643. The molecule has 4 heterocycles. The standard InChI is InChI=1S/C33H24N5/c1-4-13-23(14-5-1)37-27-20-11-10-19-26(27)29-32(37)35-31-30-28(21-12-22-34-30)38(33(31)36-29,24-15-6-2-7-16-24)25-17-8-3-9-18-25/h1-21,34H,22H2/q+1. The fraction of sp³-hybridized carbons (Fsp3) is 0.0303. The first-order valence-electron chi connectivity index (χ1n) is 12.9. The molecule has 5 nitrogen and oxygen atoms in total. The van der Waals surface area contributed by atoms with Crippen molar-refractivity contribution < 1.29 is 0 Å². The highest BCUT2D eigenvalue weighted by Crippen LogP contribution is 2.56. The summed E-state index contributed by atoms with van der Waals surface area (Å²) in [5.74, 6) is 0.912. The Morgan fingerprint density at radius 2 is 1.32 bits per heavy atom. The van der Waals surface area contributed by atoms with E-state index < -0.39 is 0 Å². The molecule has 1 N–H and O–H groups in total. The van der Waals surface area contributed by atoms with E-state index in [4.69, 9.17) is 9.97 Å². The summed E-state index contributed by atoms with van der Waals surface area (Å²) in [4.78, 5) is 11.0. The Morgan fingerprint density at radius 1 is 0.684 bits per heavy atom. The first-order chi connectivity index (χ1) is 18.9. The minimum Gasteiger partial charge on any atom is -0.375 e. The third kappa shape index (κ3) is 2.74. The lowest BCUT2D eigenvalue weighted by Gasteiger charge is -2.34. The van der Waals surface area contributed by atoms with Crippen LogP contribution in [0.1, 0.15) is 5.69 Å². The van der Waals surface area contributed by atoms with Gasteiger partial charge >= 0.3 is 0 Å². The molecule has 0 saturated heterocycles. The maximum atomic E-state index is 5.53. The van der Waals surface area contributed by atoms with Crippen molar-refractivity contribution in [1.82, 2.24) is 24.3 Å². The third-order valence-electron chi connectivity index (χ3n) is 7.62. The Hall–Kier alpha value is -5.00. The molecule has 2 aliphatic rings. The highest BCUT2D eigenvalue weighted by atomic mass is 15.4. The summed E-state index contributed by atoms with van der Waals surface area (Å²) in [7, 11) is 0. The van der Waals surface area contributed by atoms with E-state index in [1.54, 1.807) is 0 Å². The molecule has 4 aromatic carbocycles. The smallest absolute Gasteiger partial charge is 0.272 e. The Balaban J connectivity index is 1.55. The number of quaternary nitrogens is 1. The van der Waals surface area contributed by atoms with Gasteiger partial charge in [0, 0.05) is 48.0 Å². The molecule has 180 valence electrons. The molecule has 0 fully saturated rings. The van der Waals surface area contributed by atoms with Crippen LogP contribution in [-0.4, -0.2) is 21.1 Å². The van der Waals surface area contributed by atoms with Crippen LogP contribution in [-0.2, 0) is 0 Å². The average Bonchev–Trinajstić information content (AvgIpc) is 3.48. The largest absolute Gasteiger partial charge is 0.375 e. The number of nitrogens with one attached hydrogen (secondary N) is 1. The first-order valence-corrected chi connectivity index (χ1v) is 12.9. The number of allylic oxidation sites excluding steroid dienone is 1. The van der Waals surface area contributed by atoms with Crippen molar-refractivity contribution in [3.8, 4) is 5.69 Å². The number of fused-ring (bicyclic) bond motifs is 5. The predicted molar refractivity (Wildman–Crippen MR) is 154 cm³/mol. The van der Waals surface area contributed by atoms with Gasteiger partial charge in [0.05, 0.1) is 5.52 Å². The minimum atomic E-state index is 0.379. The molecule has 2 aliphatic heterocycles. The van der Waals surface area contributed by atoms with Gasteiger partial charge in [-0.3, -0.25) is 4.57 Å². The molecule has 0 amide bonds. The molecule has 5 heteroatoms. The van der Waals surface area contributed by atoms with Crippen LogP contribution in [0, 0.1) is 0 Å². The molecular weight excluding hydrogens is 466 g/mol. The van der Waals surface area contributed by atoms with Crippen LogP contribution in [0.5, 0.6) is 0 Å². The Morgan fingerprint density at radius 3 is 2.03 bits per heavy atom. The molecule has 38 heavy (non-hydrogen) atoms. The van der Waals surface area contributed by atoms with Crippen molar-refractivity contribution in [2.24, 2.45) is 0 Å². The molecule has 0 unspecified atom stereocenters. The molecule has 8 rings (SSSR count). The average molecular weight is 491 g/mol. The third-order valence-corrected chi connectivity index (χ3v) is 7.62. The highest BCUT2D eigenvalue weighted by Gasteiger charge is 2.52. The van der Waals surface area contributed by atoms with Gasteiger partial charge in [0.15, 0.2) is 17.0 Å². The number of hydrogen-bond donors (Lipinski definition) is 1. The van der Waals surface area contributed by atoms with Crippen molar-refractivity contribution in [3.05, 3.63) is 139 Å². The minimum absolute atomic E-state index is 0.379. The van der Waals surface area contributed by atoms with Crippen molar-refractivity contribution in [1.29, 1.82) is 0 Å². The Labute approximate surface area is 220 Å². The van der Waals surface area contributed by atoms with Crippen molar-refractivity contribution in [2.45, 2.75) is 0 Å². The van der Waals surface area contributed by atoms with Crippen LogP contribution in [0.3, 0.4) is 0 Å². The SMILES string of the molecule is C1=CC2=C(NC1)c1nc3c(nc1[N+]2(c1ccccc1)c1ccccc1)c1ccccc1n3-c1ccccc1. The number of nitrogens with zero attached hydrogens (tertiary/aromatic N) is 4. The Kier molecular flexibility index (Phi) is 4.45. The molecule has 0 radical (unpaired) electrons. The summed E-state index contributed by atoms with van der Waals surface area (Å²) in [6.45, 7) is 0.753. The van der Waals surface area contributed by atoms with E-state index in [0.29, 0.717) is 4.48 Å². The Bertz CT molecular complexity index is 1860. The summed E-state index contributed by atoms with van der Waals surface area (Å²) in [5, 5.41) is 4.75. The van der Waals surface area contributed by atoms with E-state index in [9.17, 15) is 0 Å². The van der Waals surface area contributed by atoms with Gasteiger partial charge < -0.3 is 5.32 Å². The van der Waals surface area contributed by atoms with Crippen LogP contribution >= 0.6 is 0 Å². The number of rotatable bonds is 3. The van der Waals surface area contributed by atoms with E-state index in [2.05, 4.69) is 131 Å². The molecule has 0 atom stereocenters. The predicted octanol–water partition coefficient (Wildman–Crippen LogP) is 7.39. The van der Waals surface area contributed by atoms with E-state index in [1.807, 2.05) is 6.07 Å². The van der Waals surface area contributed by atoms with Crippen LogP contribution in [0.25, 0.3) is 33.5 Å². The van der Waals surface area contributed by atoms with E-state index in [0.717, 1.165) is 68.6 Å². The second-order valence-corrected chi connectivity index (χ2v) is 9.64. The number of benzene rings is 4. The number of aromatic nitrogens is 3. The molecule has 0 saturated carbocycles. The molecule has 0 bridgehead atoms. The van der Waals surface area contributed by atoms with Crippen molar-refractivity contribution >= 4 is 45.0 Å². The summed E-state index contributed by atoms with van der Waals surface area (Å²) in [5.41, 5.74) is 9.24. The second-order valence-electron chi connectivity index (χ2n) is 9.64. The maximum absolute atomic E-state index is 5.53. The van der Waals surface area contributed by atoms with Crippen LogP contribution < -0.4 is 9.80 Å². The topological polar surface area (TPSA) is 42.7 Å². The van der Waals surface area contributed by atoms with Gasteiger partial charge in [-0.2, -0.15) is 9.47 Å². The van der Waals surface area contributed by atoms with Crippen LogP contribution in [0.4, 0.5) is 17.2 Å². The van der Waals surface area contributed by atoms with Gasteiger partial charge in [-0.05, 0) is 18.2 Å². The van der Waals surface area contributed by atoms with Gasteiger partial charge in [-0.25, -0.2) is 4.98 Å². The zero-order chi connectivity index (χ0) is 25.1. The maximum Gasteiger partial charge on any atom is 0.272 e. The normalized spacial score (nSPS) is 15.5. The van der Waals surface area contributed by atoms with Gasteiger partial charge in [-0.1, -0.05) is 78.9 Å². The molecule has 2 aromatic heterocycles. The zero-order valence-corrected chi connectivity index (χ0v) is 20.6. The highest BCUT2D eigenvalue weighted by molar-refractivity contribution is 6.07. The second kappa shape index (κ2) is 8.00. The van der Waals surface area contributed by atoms with Crippen LogP contribution in [0.2, 0.25) is 0 Å². The molecule has 0 spiro atoms. The van der Waals surface area contributed by atoms with Crippen molar-refractivity contribution in [3.63, 3.8) is 0 Å². The summed E-state index contributed by atoms with van der Waals surface area (Å²) < 4.78 is 2.61. The van der Waals surface area contributed by atoms with Crippen LogP contribution in [0.15, 0.2) is 133 Å². The first kappa shape index (κ1) is 21.1. The van der Waals surface area contributed by atoms with Gasteiger partial charge in [0.2, 0.25) is 0 Å². The summed E-state index contributed by atoms with van der Waals surface area (Å²) in [6.07, 6.45) is 4.42. The number of dihydropyridines is 1. The van der Waals surface area contributed by atoms with Gasteiger partial charge in [0.25, 0.3) is 5.82 Å². The van der Waals surface area contributed by atoms with Crippen molar-refractivity contribution in [2.75, 3.05) is 6.54 Å². The quantitative estimate of drug-likeness (QED) is 0.263. The molecule has 6 aromatic rings. The fourth-order valence-corrected chi connectivity index (χ4v) is 6.06. The number of hydrogen-bond acceptors (Lipinski definition) is 3. The van der Waals surface area contributed by atoms with Gasteiger partial charge in [0.1, 0.15) is 22.6 Å². The monoisotopic (exact) mass is 490 g/mol. The fourth-order valence-electron chi connectivity index (χ4n) is 6.06. The summed E-state index contributed by atoms with van der Waals surface area (Å²) >= 11 is 0. The zero-order valence-electron chi connectivity index (χ0n) is 20.6. The summed E-state index contributed by atoms with van der Waals surface area (Å²) in [6, 6.07) is 40.2. The van der Waals surface area contributed by atoms with E-state index >= 15 is 0 Å².